The van der Waals surface area contributed by atoms with Gasteiger partial charge in [0.15, 0.2) is 11.1 Å². The molecule has 502 valence electrons. The van der Waals surface area contributed by atoms with Crippen LogP contribution >= 0.6 is 90.7 Å². The number of benzene rings is 1. The van der Waals surface area contributed by atoms with Crippen molar-refractivity contribution in [2.24, 2.45) is 0 Å². The molecule has 0 saturated heterocycles. The molecule has 9 aromatic rings. The summed E-state index contributed by atoms with van der Waals surface area (Å²) in [5, 5.41) is 39.0. The maximum atomic E-state index is 13.7. The van der Waals surface area contributed by atoms with Crippen molar-refractivity contribution in [1.82, 2.24) is 9.13 Å². The number of nitrogens with zero attached hydrogens (tertiary/aromatic N) is 6. The summed E-state index contributed by atoms with van der Waals surface area (Å²) in [6.07, 6.45) is 37.5. The maximum absolute atomic E-state index is 13.7. The van der Waals surface area contributed by atoms with E-state index in [1.54, 1.807) is 31.8 Å². The van der Waals surface area contributed by atoms with Crippen molar-refractivity contribution in [1.29, 1.82) is 21.0 Å². The van der Waals surface area contributed by atoms with Gasteiger partial charge in [0.05, 0.1) is 9.06 Å². The minimum Gasteiger partial charge on any atom is -0.298 e. The Morgan fingerprint density at radius 3 is 0.917 bits per heavy atom. The van der Waals surface area contributed by atoms with Crippen molar-refractivity contribution in [3.8, 4) is 84.2 Å². The molecule has 0 aliphatic heterocycles. The van der Waals surface area contributed by atoms with Crippen LogP contribution in [0, 0.1) is 45.3 Å². The smallest absolute Gasteiger partial charge is 0.269 e. The summed E-state index contributed by atoms with van der Waals surface area (Å²) in [6, 6.07) is 36.2. The first-order valence-corrected chi connectivity index (χ1v) is 41.9. The van der Waals surface area contributed by atoms with Crippen LogP contribution in [0.4, 0.5) is 0 Å². The topological polar surface area (TPSA) is 139 Å². The molecule has 8 heterocycles. The van der Waals surface area contributed by atoms with Gasteiger partial charge in [-0.2, -0.15) is 21.0 Å². The number of thiazole rings is 2. The lowest BCUT2D eigenvalue weighted by Crippen LogP contribution is -2.31. The normalized spacial score (nSPS) is 11.8. The van der Waals surface area contributed by atoms with E-state index < -0.39 is 0 Å². The third kappa shape index (κ3) is 19.1. The van der Waals surface area contributed by atoms with Crippen molar-refractivity contribution in [3.05, 3.63) is 144 Å². The van der Waals surface area contributed by atoms with E-state index in [1.807, 2.05) is 95.6 Å². The molecule has 0 aliphatic rings. The summed E-state index contributed by atoms with van der Waals surface area (Å²) in [5.74, 6) is 0. The van der Waals surface area contributed by atoms with Gasteiger partial charge in [0.1, 0.15) is 33.6 Å². The first-order valence-electron chi connectivity index (χ1n) is 35.4. The Labute approximate surface area is 601 Å². The Morgan fingerprint density at radius 1 is 0.344 bits per heavy atom. The van der Waals surface area contributed by atoms with Gasteiger partial charge < -0.3 is 0 Å². The molecule has 96 heavy (non-hydrogen) atoms. The van der Waals surface area contributed by atoms with Crippen molar-refractivity contribution in [2.75, 3.05) is 0 Å². The van der Waals surface area contributed by atoms with Gasteiger partial charge in [-0.05, 0) is 159 Å². The molecule has 0 radical (unpaired) electrons. The minimum absolute atomic E-state index is 0.0293. The molecule has 0 fully saturated rings. The molecule has 0 unspecified atom stereocenters. The minimum atomic E-state index is -0.160. The lowest BCUT2D eigenvalue weighted by Gasteiger charge is -2.04. The van der Waals surface area contributed by atoms with Crippen molar-refractivity contribution in [3.63, 3.8) is 0 Å². The summed E-state index contributed by atoms with van der Waals surface area (Å²) in [4.78, 5) is 42.4. The molecule has 0 aliphatic carbocycles. The molecule has 0 atom stereocenters. The molecule has 0 spiro atoms. The number of aromatic nitrogens is 2. The lowest BCUT2D eigenvalue weighted by atomic mass is 10.0. The number of unbranched alkanes of at least 4 members (excludes halogenated alkanes) is 20. The zero-order valence-corrected chi connectivity index (χ0v) is 63.6. The molecule has 1 aromatic carbocycles. The average molecular weight is 1430 g/mol. The van der Waals surface area contributed by atoms with Crippen LogP contribution in [0.25, 0.3) is 83.2 Å². The number of rotatable bonds is 38. The van der Waals surface area contributed by atoms with Gasteiger partial charge in [0.2, 0.25) is 0 Å². The molecule has 0 amide bonds. The number of aryl methyl sites for hydroxylation is 4. The number of hydrogen-bond acceptors (Lipinski definition) is 14. The monoisotopic (exact) mass is 1420 g/mol. The highest BCUT2D eigenvalue weighted by atomic mass is 32.1. The Hall–Kier alpha value is -6.28. The molecule has 0 saturated carbocycles. The second-order valence-electron chi connectivity index (χ2n) is 25.0. The molecule has 8 nitrogen and oxygen atoms in total. The zero-order chi connectivity index (χ0) is 67.8. The van der Waals surface area contributed by atoms with Gasteiger partial charge in [-0.15, -0.1) is 90.7 Å². The van der Waals surface area contributed by atoms with Crippen LogP contribution in [0.15, 0.2) is 82.4 Å². The van der Waals surface area contributed by atoms with Gasteiger partial charge in [-0.1, -0.05) is 180 Å². The van der Waals surface area contributed by atoms with E-state index in [-0.39, 0.29) is 22.3 Å². The van der Waals surface area contributed by atoms with Gasteiger partial charge in [-0.25, -0.2) is 0 Å². The van der Waals surface area contributed by atoms with Gasteiger partial charge in [0.25, 0.3) is 11.1 Å². The predicted octanol–water partition coefficient (Wildman–Crippen LogP) is 22.2. The summed E-state index contributed by atoms with van der Waals surface area (Å²) < 4.78 is 5.03. The largest absolute Gasteiger partial charge is 0.298 e. The maximum Gasteiger partial charge on any atom is 0.269 e. The SMILES string of the molecule is CCCCCCCCc1cc(/C=c2\sc(=C(C#N)C#N)n(CC)c2=O)sc1-c1ccc(-c2sc(-c3ccc(-c4cc(CCCCCCCC)c(-c5ccc(-c6sc(/C=c7/sc(=C(C#N)C#N)n(CC)c7=O)cc6CCCCCCCC)s5)s4)cc3)cc2CCCCCCCC)s1. The Bertz CT molecular complexity index is 4270. The van der Waals surface area contributed by atoms with Crippen molar-refractivity contribution < 1.29 is 0 Å². The molecule has 16 heteroatoms. The fraction of sp³-hybridized carbons (Fsp3) is 0.450. The lowest BCUT2D eigenvalue weighted by molar-refractivity contribution is 0.608. The van der Waals surface area contributed by atoms with E-state index in [2.05, 4.69) is 100 Å². The summed E-state index contributed by atoms with van der Waals surface area (Å²) in [7, 11) is 0. The van der Waals surface area contributed by atoms with Crippen molar-refractivity contribution in [2.45, 2.75) is 234 Å². The van der Waals surface area contributed by atoms with E-state index in [4.69, 9.17) is 0 Å². The Balaban J connectivity index is 1.03. The average Bonchev–Trinajstić information content (AvgIpc) is 1.65. The highest BCUT2D eigenvalue weighted by molar-refractivity contribution is 7.28. The van der Waals surface area contributed by atoms with Crippen LogP contribution in [0.5, 0.6) is 0 Å². The van der Waals surface area contributed by atoms with Crippen LogP contribution in [0.2, 0.25) is 0 Å². The van der Waals surface area contributed by atoms with Gasteiger partial charge >= 0.3 is 0 Å². The van der Waals surface area contributed by atoms with Gasteiger partial charge in [-0.3, -0.25) is 18.7 Å². The summed E-state index contributed by atoms with van der Waals surface area (Å²) in [6.45, 7) is 13.6. The predicted molar refractivity (Wildman–Crippen MR) is 418 cm³/mol. The highest BCUT2D eigenvalue weighted by Gasteiger charge is 2.22. The van der Waals surface area contributed by atoms with Crippen LogP contribution < -0.4 is 29.5 Å². The molecule has 0 N–H and O–H groups in total. The number of hydrogen-bond donors (Lipinski definition) is 0. The van der Waals surface area contributed by atoms with Crippen LogP contribution in [-0.4, -0.2) is 9.13 Å². The molecule has 0 bridgehead atoms. The molecular weight excluding hydrogens is 1330 g/mol. The zero-order valence-electron chi connectivity index (χ0n) is 57.1. The second-order valence-corrected chi connectivity index (χ2v) is 33.5. The summed E-state index contributed by atoms with van der Waals surface area (Å²) in [5.41, 5.74) is 7.58. The van der Waals surface area contributed by atoms with E-state index in [9.17, 15) is 30.6 Å². The van der Waals surface area contributed by atoms with Crippen LogP contribution in [0.1, 0.15) is 228 Å². The van der Waals surface area contributed by atoms with Crippen molar-refractivity contribution >= 4 is 114 Å². The fourth-order valence-electron chi connectivity index (χ4n) is 12.6. The van der Waals surface area contributed by atoms with E-state index in [0.717, 1.165) is 61.1 Å². The van der Waals surface area contributed by atoms with E-state index >= 15 is 0 Å². The number of nitriles is 4. The molecule has 9 rings (SSSR count). The van der Waals surface area contributed by atoms with Gasteiger partial charge in [0, 0.05) is 71.6 Å². The Morgan fingerprint density at radius 2 is 0.625 bits per heavy atom. The van der Waals surface area contributed by atoms with Crippen LogP contribution in [-0.2, 0) is 38.8 Å². The highest BCUT2D eigenvalue weighted by Crippen LogP contribution is 2.49. The quantitative estimate of drug-likeness (QED) is 0.0353. The fourth-order valence-corrected chi connectivity index (χ4v) is 22.3. The van der Waals surface area contributed by atoms with E-state index in [0.29, 0.717) is 31.5 Å². The molecule has 8 aromatic heterocycles. The number of thiophene rings is 6. The third-order valence-corrected chi connectivity index (χ3v) is 27.8. The summed E-state index contributed by atoms with van der Waals surface area (Å²) >= 11 is 13.6. The first-order chi connectivity index (χ1) is 47.0. The first kappa shape index (κ1) is 74.0. The van der Waals surface area contributed by atoms with Crippen LogP contribution in [0.3, 0.4) is 0 Å². The second kappa shape index (κ2) is 38.2. The molecular formula is C80H92N6O2S8. The van der Waals surface area contributed by atoms with E-state index in [1.165, 1.54) is 233 Å². The third-order valence-electron chi connectivity index (χ3n) is 17.9. The standard InChI is InChI=1S/C80H92N6O2S8/c1-7-13-17-21-25-29-33-57-45-63(49-71-77(87)85(11-5)79(95-71)61(51-81)52-82)89-73(57)65-41-43-67(91-65)75-59(35-31-27-23-19-15-9-3)47-69(93-75)55-37-39-56(40-38-55)70-48-60(36-32-28-24-20-16-10-4)76(94-70)68-44-42-66(92-68)74-58(34-30-26-22-18-14-8-2)46-64(90-74)50-72-78(88)86(12-6)80(96-72)62(53-83)54-84/h37-50H,7-36H2,1-6H3/b71-49-,72-50+. The Kier molecular flexibility index (Phi) is 29.4.